The van der Waals surface area contributed by atoms with Crippen molar-refractivity contribution in [2.75, 3.05) is 6.61 Å². The number of hydrogen-bond acceptors (Lipinski definition) is 5. The van der Waals surface area contributed by atoms with Crippen molar-refractivity contribution in [1.29, 1.82) is 0 Å². The van der Waals surface area contributed by atoms with E-state index >= 15 is 0 Å². The Morgan fingerprint density at radius 2 is 1.79 bits per heavy atom. The number of benzene rings is 1. The highest BCUT2D eigenvalue weighted by Crippen LogP contribution is 2.60. The highest BCUT2D eigenvalue weighted by molar-refractivity contribution is 5.24. The fraction of sp³-hybridized carbons (Fsp3) is 0.760. The second-order valence-corrected chi connectivity index (χ2v) is 10.5. The average molecular weight is 471 g/mol. The summed E-state index contributed by atoms with van der Waals surface area (Å²) < 4.78 is 56.9. The molecule has 4 heterocycles. The number of halogens is 3. The van der Waals surface area contributed by atoms with Gasteiger partial charge in [-0.1, -0.05) is 26.0 Å². The summed E-state index contributed by atoms with van der Waals surface area (Å²) in [5, 5.41) is 0. The normalized spacial score (nSPS) is 42.6. The third-order valence-corrected chi connectivity index (χ3v) is 8.39. The zero-order chi connectivity index (χ0) is 23.4. The van der Waals surface area contributed by atoms with Crippen LogP contribution >= 0.6 is 0 Å². The van der Waals surface area contributed by atoms with Gasteiger partial charge in [0.25, 0.3) is 0 Å². The van der Waals surface area contributed by atoms with Gasteiger partial charge in [0.15, 0.2) is 11.9 Å². The van der Waals surface area contributed by atoms with Crippen LogP contribution in [-0.2, 0) is 36.8 Å². The second kappa shape index (κ2) is 8.48. The predicted molar refractivity (Wildman–Crippen MR) is 113 cm³/mol. The van der Waals surface area contributed by atoms with E-state index in [1.54, 1.807) is 0 Å². The molecule has 0 aromatic heterocycles. The SMILES string of the molecule is C[C@H]1[C@@H](CCOCc2ccc(C(F)(F)F)cc2)O[C@@H]2O[C@@]3(C)CC[C@H]4[C@H](C)CC[C@@H]1[C@@]24OO3. The van der Waals surface area contributed by atoms with E-state index in [2.05, 4.69) is 13.8 Å². The van der Waals surface area contributed by atoms with E-state index in [1.807, 2.05) is 6.92 Å². The van der Waals surface area contributed by atoms with E-state index in [1.165, 1.54) is 12.1 Å². The summed E-state index contributed by atoms with van der Waals surface area (Å²) >= 11 is 0. The van der Waals surface area contributed by atoms with Crippen molar-refractivity contribution < 1.29 is 37.2 Å². The van der Waals surface area contributed by atoms with Crippen LogP contribution in [0.5, 0.6) is 0 Å². The maximum absolute atomic E-state index is 12.7. The van der Waals surface area contributed by atoms with Crippen LogP contribution in [0.25, 0.3) is 0 Å². The molecule has 8 heteroatoms. The molecule has 1 aliphatic carbocycles. The molecule has 6 rings (SSSR count). The number of ether oxygens (including phenoxy) is 3. The van der Waals surface area contributed by atoms with E-state index in [-0.39, 0.29) is 24.5 Å². The van der Waals surface area contributed by atoms with E-state index in [9.17, 15) is 13.2 Å². The van der Waals surface area contributed by atoms with Crippen LogP contribution in [0, 0.1) is 23.7 Å². The molecule has 1 aromatic rings. The van der Waals surface area contributed by atoms with Crippen molar-refractivity contribution in [3.8, 4) is 0 Å². The fourth-order valence-electron chi connectivity index (χ4n) is 6.49. The van der Waals surface area contributed by atoms with Gasteiger partial charge in [0.05, 0.1) is 18.3 Å². The zero-order valence-electron chi connectivity index (χ0n) is 19.4. The molecule has 2 bridgehead atoms. The zero-order valence-corrected chi connectivity index (χ0v) is 19.4. The first-order chi connectivity index (χ1) is 15.6. The predicted octanol–water partition coefficient (Wildman–Crippen LogP) is 5.86. The minimum absolute atomic E-state index is 0.0427. The highest BCUT2D eigenvalue weighted by Gasteiger charge is 2.69. The van der Waals surface area contributed by atoms with E-state index in [0.29, 0.717) is 30.4 Å². The van der Waals surface area contributed by atoms with Crippen LogP contribution in [0.3, 0.4) is 0 Å². The summed E-state index contributed by atoms with van der Waals surface area (Å²) in [6.45, 7) is 7.15. The minimum atomic E-state index is -4.33. The summed E-state index contributed by atoms with van der Waals surface area (Å²) in [4.78, 5) is 12.0. The minimum Gasteiger partial charge on any atom is -0.377 e. The van der Waals surface area contributed by atoms with Gasteiger partial charge in [-0.25, -0.2) is 9.78 Å². The van der Waals surface area contributed by atoms with Gasteiger partial charge in [0.2, 0.25) is 5.79 Å². The third kappa shape index (κ3) is 4.12. The summed E-state index contributed by atoms with van der Waals surface area (Å²) in [6, 6.07) is 5.10. The molecular formula is C25H33F3O5. The molecule has 5 fully saturated rings. The molecule has 1 aromatic carbocycles. The second-order valence-electron chi connectivity index (χ2n) is 10.5. The Balaban J connectivity index is 1.22. The molecule has 8 atom stereocenters. The van der Waals surface area contributed by atoms with Crippen LogP contribution in [0.4, 0.5) is 13.2 Å². The third-order valence-electron chi connectivity index (χ3n) is 8.39. The molecule has 5 aliphatic rings. The van der Waals surface area contributed by atoms with Gasteiger partial charge < -0.3 is 14.2 Å². The number of fused-ring (bicyclic) bond motifs is 2. The Morgan fingerprint density at radius 1 is 1.03 bits per heavy atom. The fourth-order valence-corrected chi connectivity index (χ4v) is 6.49. The molecule has 1 spiro atoms. The molecule has 184 valence electrons. The van der Waals surface area contributed by atoms with Gasteiger partial charge in [-0.05, 0) is 68.1 Å². The van der Waals surface area contributed by atoms with Crippen molar-refractivity contribution in [1.82, 2.24) is 0 Å². The average Bonchev–Trinajstić information content (AvgIpc) is 3.00. The van der Waals surface area contributed by atoms with Gasteiger partial charge in [-0.3, -0.25) is 0 Å². The lowest BCUT2D eigenvalue weighted by Gasteiger charge is -2.60. The van der Waals surface area contributed by atoms with Crippen molar-refractivity contribution in [3.63, 3.8) is 0 Å². The van der Waals surface area contributed by atoms with Crippen LogP contribution in [0.1, 0.15) is 64.0 Å². The lowest BCUT2D eigenvalue weighted by atomic mass is 9.57. The van der Waals surface area contributed by atoms with Crippen LogP contribution < -0.4 is 0 Å². The molecule has 0 amide bonds. The number of hydrogen-bond donors (Lipinski definition) is 0. The number of alkyl halides is 3. The standard InChI is InChI=1S/C25H33F3O5/c1-15-4-9-20-16(2)21(11-13-29-14-17-5-7-18(8-6-17)25(26,27)28)30-22-24(20)19(15)10-12-23(3,31-22)32-33-24/h5-8,15-16,19-22H,4,9-14H2,1-3H3/t15-,16-,19+,20+,21-,22-,23-,24-/m1/s1. The van der Waals surface area contributed by atoms with Crippen molar-refractivity contribution in [3.05, 3.63) is 35.4 Å². The summed E-state index contributed by atoms with van der Waals surface area (Å²) in [5.74, 6) is 0.600. The monoisotopic (exact) mass is 470 g/mol. The quantitative estimate of drug-likeness (QED) is 0.398. The highest BCUT2D eigenvalue weighted by atomic mass is 19.4. The van der Waals surface area contributed by atoms with Gasteiger partial charge in [-0.15, -0.1) is 0 Å². The number of rotatable bonds is 5. The summed E-state index contributed by atoms with van der Waals surface area (Å²) in [6.07, 6.45) is -0.159. The maximum Gasteiger partial charge on any atom is 0.416 e. The van der Waals surface area contributed by atoms with Crippen LogP contribution in [-0.4, -0.2) is 30.4 Å². The summed E-state index contributed by atoms with van der Waals surface area (Å²) in [7, 11) is 0. The Hall–Kier alpha value is -1.19. The first-order valence-corrected chi connectivity index (χ1v) is 12.1. The maximum atomic E-state index is 12.7. The molecule has 0 unspecified atom stereocenters. The molecule has 33 heavy (non-hydrogen) atoms. The lowest BCUT2D eigenvalue weighted by molar-refractivity contribution is -0.571. The van der Waals surface area contributed by atoms with E-state index in [0.717, 1.165) is 37.8 Å². The Bertz CT molecular complexity index is 845. The first kappa shape index (κ1) is 23.5. The van der Waals surface area contributed by atoms with Crippen LogP contribution in [0.15, 0.2) is 24.3 Å². The largest absolute Gasteiger partial charge is 0.416 e. The molecule has 0 radical (unpaired) electrons. The molecular weight excluding hydrogens is 437 g/mol. The first-order valence-electron chi connectivity index (χ1n) is 12.1. The van der Waals surface area contributed by atoms with Crippen molar-refractivity contribution in [2.45, 2.75) is 89.4 Å². The van der Waals surface area contributed by atoms with E-state index < -0.39 is 29.4 Å². The Kier molecular flexibility index (Phi) is 6.05. The van der Waals surface area contributed by atoms with Gasteiger partial charge >= 0.3 is 6.18 Å². The van der Waals surface area contributed by atoms with Gasteiger partial charge in [0.1, 0.15) is 0 Å². The Labute approximate surface area is 192 Å². The summed E-state index contributed by atoms with van der Waals surface area (Å²) in [5.41, 5.74) is -0.501. The Morgan fingerprint density at radius 3 is 2.52 bits per heavy atom. The molecule has 4 saturated heterocycles. The molecule has 0 N–H and O–H groups in total. The lowest BCUT2D eigenvalue weighted by Crippen LogP contribution is -2.70. The van der Waals surface area contributed by atoms with Crippen molar-refractivity contribution >= 4 is 0 Å². The van der Waals surface area contributed by atoms with Crippen molar-refractivity contribution in [2.24, 2.45) is 23.7 Å². The van der Waals surface area contributed by atoms with Gasteiger partial charge in [0, 0.05) is 18.9 Å². The molecule has 4 aliphatic heterocycles. The molecule has 5 nitrogen and oxygen atoms in total. The topological polar surface area (TPSA) is 46.2 Å². The van der Waals surface area contributed by atoms with Gasteiger partial charge in [-0.2, -0.15) is 13.2 Å². The van der Waals surface area contributed by atoms with E-state index in [4.69, 9.17) is 24.0 Å². The van der Waals surface area contributed by atoms with Crippen LogP contribution in [0.2, 0.25) is 0 Å². The molecule has 1 saturated carbocycles. The smallest absolute Gasteiger partial charge is 0.377 e.